The van der Waals surface area contributed by atoms with E-state index in [4.69, 9.17) is 4.74 Å². The van der Waals surface area contributed by atoms with Gasteiger partial charge in [0.1, 0.15) is 17.2 Å². The summed E-state index contributed by atoms with van der Waals surface area (Å²) in [6.07, 6.45) is 5.62. The summed E-state index contributed by atoms with van der Waals surface area (Å²) >= 11 is 1.33. The Labute approximate surface area is 284 Å². The van der Waals surface area contributed by atoms with Crippen LogP contribution < -0.4 is 4.74 Å². The number of rotatable bonds is 10. The number of carbonyl (C=O) groups excluding carboxylic acids is 1. The molecular formula is C40H36ClNO4S. The lowest BCUT2D eigenvalue weighted by molar-refractivity contribution is 0.0702. The van der Waals surface area contributed by atoms with Crippen LogP contribution in [0.15, 0.2) is 115 Å². The van der Waals surface area contributed by atoms with Crippen LogP contribution in [0.2, 0.25) is 0 Å². The Morgan fingerprint density at radius 2 is 1.38 bits per heavy atom. The molecule has 0 unspecified atom stereocenters. The summed E-state index contributed by atoms with van der Waals surface area (Å²) in [5.41, 5.74) is 7.89. The fourth-order valence-electron chi connectivity index (χ4n) is 6.66. The largest absolute Gasteiger partial charge is 0.489 e. The quantitative estimate of drug-likeness (QED) is 0.148. The number of ketones is 1. The summed E-state index contributed by atoms with van der Waals surface area (Å²) in [7, 11) is 0. The second-order valence-electron chi connectivity index (χ2n) is 12.0. The Hall–Kier alpha value is -4.65. The summed E-state index contributed by atoms with van der Waals surface area (Å²) in [6.45, 7) is 0.598. The minimum Gasteiger partial charge on any atom is -0.489 e. The van der Waals surface area contributed by atoms with Crippen LogP contribution in [-0.4, -0.2) is 21.4 Å². The van der Waals surface area contributed by atoms with Crippen molar-refractivity contribution in [2.24, 2.45) is 0 Å². The molecule has 0 atom stereocenters. The molecule has 2 heterocycles. The highest BCUT2D eigenvalue weighted by Crippen LogP contribution is 2.47. The standard InChI is InChI=1S/C40H35NO4S.ClH/c42-35(30-18-16-29(17-19-30)28-12-6-2-7-13-28)25-41-34-24-36(40(43)44)46-39(34)37(31-14-8-3-9-15-31)38(41)32-20-22-33(23-21-32)45-26-27-10-4-1-5-11-27;/h1-2,4-7,10-13,16-24,31H,3,8-9,14-15,25-26H2,(H,43,44);1H. The molecule has 0 spiro atoms. The molecule has 7 rings (SSSR count). The summed E-state index contributed by atoms with van der Waals surface area (Å²) in [6, 6.07) is 37.8. The van der Waals surface area contributed by atoms with Gasteiger partial charge in [0, 0.05) is 5.56 Å². The number of ether oxygens (including phenoxy) is 1. The smallest absolute Gasteiger partial charge is 0.345 e. The zero-order valence-corrected chi connectivity index (χ0v) is 27.6. The molecule has 1 aliphatic rings. The van der Waals surface area contributed by atoms with Crippen LogP contribution in [0.5, 0.6) is 5.75 Å². The topological polar surface area (TPSA) is 68.5 Å². The van der Waals surface area contributed by atoms with Crippen molar-refractivity contribution >= 4 is 45.7 Å². The average Bonchev–Trinajstić information content (AvgIpc) is 3.67. The van der Waals surface area contributed by atoms with Gasteiger partial charge in [-0.05, 0) is 76.9 Å². The molecule has 4 aromatic carbocycles. The fourth-order valence-corrected chi connectivity index (χ4v) is 7.79. The van der Waals surface area contributed by atoms with E-state index < -0.39 is 5.97 Å². The first-order valence-corrected chi connectivity index (χ1v) is 16.7. The molecular weight excluding hydrogens is 626 g/mol. The molecule has 47 heavy (non-hydrogen) atoms. The van der Waals surface area contributed by atoms with E-state index in [1.165, 1.54) is 23.3 Å². The van der Waals surface area contributed by atoms with Crippen molar-refractivity contribution < 1.29 is 19.4 Å². The van der Waals surface area contributed by atoms with Gasteiger partial charge in [-0.15, -0.1) is 23.7 Å². The molecule has 0 radical (unpaired) electrons. The van der Waals surface area contributed by atoms with E-state index in [-0.39, 0.29) is 24.7 Å². The number of nitrogens with zero attached hydrogens (tertiary/aromatic N) is 1. The number of aromatic nitrogens is 1. The Morgan fingerprint density at radius 1 is 0.766 bits per heavy atom. The average molecular weight is 662 g/mol. The fraction of sp³-hybridized carbons (Fsp3) is 0.200. The molecule has 1 fully saturated rings. The molecule has 0 saturated heterocycles. The van der Waals surface area contributed by atoms with Crippen LogP contribution in [0.1, 0.15) is 69.2 Å². The number of carbonyl (C=O) groups is 2. The van der Waals surface area contributed by atoms with Gasteiger partial charge in [-0.1, -0.05) is 104 Å². The third kappa shape index (κ3) is 6.90. The zero-order valence-electron chi connectivity index (χ0n) is 25.9. The number of benzene rings is 4. The van der Waals surface area contributed by atoms with Gasteiger partial charge >= 0.3 is 5.97 Å². The van der Waals surface area contributed by atoms with Crippen molar-refractivity contribution in [1.29, 1.82) is 0 Å². The number of carboxylic acid groups (broad SMARTS) is 1. The number of Topliss-reactive ketones (excluding diaryl/α,β-unsaturated/α-hetero) is 1. The van der Waals surface area contributed by atoms with Gasteiger partial charge in [-0.2, -0.15) is 0 Å². The predicted molar refractivity (Wildman–Crippen MR) is 192 cm³/mol. The van der Waals surface area contributed by atoms with Gasteiger partial charge in [-0.25, -0.2) is 4.79 Å². The van der Waals surface area contributed by atoms with Crippen molar-refractivity contribution in [3.63, 3.8) is 0 Å². The van der Waals surface area contributed by atoms with Gasteiger partial charge in [0.05, 0.1) is 22.5 Å². The highest BCUT2D eigenvalue weighted by atomic mass is 35.5. The lowest BCUT2D eigenvalue weighted by Gasteiger charge is -2.23. The maximum atomic E-state index is 13.9. The van der Waals surface area contributed by atoms with Gasteiger partial charge < -0.3 is 14.4 Å². The number of aromatic carboxylic acids is 1. The van der Waals surface area contributed by atoms with Gasteiger partial charge in [0.2, 0.25) is 0 Å². The summed E-state index contributed by atoms with van der Waals surface area (Å²) in [5.74, 6) is 0.127. The summed E-state index contributed by atoms with van der Waals surface area (Å²) in [5, 5.41) is 9.95. The normalized spacial score (nSPS) is 13.3. The molecule has 0 aliphatic heterocycles. The number of fused-ring (bicyclic) bond motifs is 1. The van der Waals surface area contributed by atoms with Crippen molar-refractivity contribution in [3.8, 4) is 28.1 Å². The Kier molecular flexibility index (Phi) is 9.90. The van der Waals surface area contributed by atoms with E-state index in [2.05, 4.69) is 28.8 Å². The first-order chi connectivity index (χ1) is 22.5. The monoisotopic (exact) mass is 661 g/mol. The SMILES string of the molecule is Cl.O=C(Cn1c(-c2ccc(OCc3ccccc3)cc2)c(C2CCCCC2)c2sc(C(=O)O)cc21)c1ccc(-c2ccccc2)cc1. The van der Waals surface area contributed by atoms with E-state index >= 15 is 0 Å². The van der Waals surface area contributed by atoms with E-state index in [0.717, 1.165) is 69.6 Å². The number of halogens is 1. The van der Waals surface area contributed by atoms with Crippen LogP contribution in [0, 0.1) is 0 Å². The van der Waals surface area contributed by atoms with Crippen LogP contribution in [0.25, 0.3) is 32.6 Å². The second kappa shape index (κ2) is 14.4. The molecule has 7 heteroatoms. The lowest BCUT2D eigenvalue weighted by Crippen LogP contribution is -2.13. The molecule has 1 N–H and O–H groups in total. The number of hydrogen-bond acceptors (Lipinski definition) is 4. The van der Waals surface area contributed by atoms with Gasteiger partial charge in [0.25, 0.3) is 0 Å². The highest BCUT2D eigenvalue weighted by molar-refractivity contribution is 7.21. The highest BCUT2D eigenvalue weighted by Gasteiger charge is 2.30. The molecule has 1 aliphatic carbocycles. The van der Waals surface area contributed by atoms with Crippen LogP contribution in [0.4, 0.5) is 0 Å². The number of carboxylic acids is 1. The van der Waals surface area contributed by atoms with E-state index in [9.17, 15) is 14.7 Å². The first-order valence-electron chi connectivity index (χ1n) is 15.9. The molecule has 0 amide bonds. The maximum Gasteiger partial charge on any atom is 0.345 e. The van der Waals surface area contributed by atoms with Crippen LogP contribution in [0.3, 0.4) is 0 Å². The van der Waals surface area contributed by atoms with Gasteiger partial charge in [0.15, 0.2) is 5.78 Å². The van der Waals surface area contributed by atoms with Crippen molar-refractivity contribution in [2.75, 3.05) is 0 Å². The van der Waals surface area contributed by atoms with Crippen molar-refractivity contribution in [3.05, 3.63) is 137 Å². The predicted octanol–water partition coefficient (Wildman–Crippen LogP) is 10.7. The summed E-state index contributed by atoms with van der Waals surface area (Å²) in [4.78, 5) is 26.4. The second-order valence-corrected chi connectivity index (χ2v) is 13.0. The molecule has 0 bridgehead atoms. The van der Waals surface area contributed by atoms with E-state index in [0.29, 0.717) is 23.0 Å². The molecule has 2 aromatic heterocycles. The van der Waals surface area contributed by atoms with Crippen LogP contribution >= 0.6 is 23.7 Å². The third-order valence-corrected chi connectivity index (χ3v) is 10.1. The third-order valence-electron chi connectivity index (χ3n) is 8.99. The Bertz CT molecular complexity index is 1970. The summed E-state index contributed by atoms with van der Waals surface area (Å²) < 4.78 is 9.13. The van der Waals surface area contributed by atoms with Gasteiger partial charge in [-0.3, -0.25) is 4.79 Å². The maximum absolute atomic E-state index is 13.9. The molecule has 6 aromatic rings. The number of hydrogen-bond donors (Lipinski definition) is 1. The van der Waals surface area contributed by atoms with Crippen LogP contribution in [-0.2, 0) is 13.2 Å². The van der Waals surface area contributed by atoms with E-state index in [1.54, 1.807) is 6.07 Å². The Balaban J connectivity index is 0.00000386. The first kappa shape index (κ1) is 32.3. The molecule has 1 saturated carbocycles. The minimum atomic E-state index is -0.938. The van der Waals surface area contributed by atoms with Crippen molar-refractivity contribution in [2.45, 2.75) is 51.2 Å². The minimum absolute atomic E-state index is 0. The Morgan fingerprint density at radius 3 is 2.04 bits per heavy atom. The zero-order chi connectivity index (χ0) is 31.5. The molecule has 5 nitrogen and oxygen atoms in total. The number of thiophene rings is 1. The van der Waals surface area contributed by atoms with Crippen molar-refractivity contribution in [1.82, 2.24) is 4.57 Å². The van der Waals surface area contributed by atoms with E-state index in [1.807, 2.05) is 84.9 Å². The molecule has 238 valence electrons. The lowest BCUT2D eigenvalue weighted by atomic mass is 9.83.